The summed E-state index contributed by atoms with van der Waals surface area (Å²) in [4.78, 5) is 0. The van der Waals surface area contributed by atoms with Crippen molar-refractivity contribution in [3.63, 3.8) is 0 Å². The van der Waals surface area contributed by atoms with Crippen LogP contribution in [0.2, 0.25) is 0 Å². The van der Waals surface area contributed by atoms with Gasteiger partial charge in [-0.05, 0) is 19.8 Å². The van der Waals surface area contributed by atoms with Crippen LogP contribution in [0.1, 0.15) is 39.0 Å². The minimum absolute atomic E-state index is 0.0644. The van der Waals surface area contributed by atoms with E-state index in [9.17, 15) is 0 Å². The van der Waals surface area contributed by atoms with E-state index in [1.54, 1.807) is 11.3 Å². The molecule has 1 fully saturated rings. The predicted octanol–water partition coefficient (Wildman–Crippen LogP) is 3.29. The SMILES string of the molecule is CC(C#N)Sc1nnc(NC2CCCCC2)s1. The van der Waals surface area contributed by atoms with Gasteiger partial charge in [0.15, 0.2) is 4.34 Å². The molecular formula is C11H16N4S2. The van der Waals surface area contributed by atoms with Crippen molar-refractivity contribution in [1.82, 2.24) is 10.2 Å². The van der Waals surface area contributed by atoms with Gasteiger partial charge in [-0.15, -0.1) is 10.2 Å². The molecule has 0 amide bonds. The average Bonchev–Trinajstić information content (AvgIpc) is 2.77. The van der Waals surface area contributed by atoms with Gasteiger partial charge in [-0.25, -0.2) is 0 Å². The van der Waals surface area contributed by atoms with Crippen LogP contribution in [0, 0.1) is 11.3 Å². The molecular weight excluding hydrogens is 252 g/mol. The number of nitriles is 1. The molecule has 1 saturated carbocycles. The van der Waals surface area contributed by atoms with Crippen LogP contribution in [0.4, 0.5) is 5.13 Å². The van der Waals surface area contributed by atoms with E-state index >= 15 is 0 Å². The van der Waals surface area contributed by atoms with Crippen LogP contribution < -0.4 is 5.32 Å². The van der Waals surface area contributed by atoms with Gasteiger partial charge in [0, 0.05) is 6.04 Å². The van der Waals surface area contributed by atoms with Gasteiger partial charge in [-0.3, -0.25) is 0 Å². The van der Waals surface area contributed by atoms with E-state index in [0.717, 1.165) is 9.47 Å². The monoisotopic (exact) mass is 268 g/mol. The van der Waals surface area contributed by atoms with Crippen molar-refractivity contribution >= 4 is 28.2 Å². The zero-order valence-corrected chi connectivity index (χ0v) is 11.5. The second-order valence-corrected chi connectivity index (χ2v) is 6.81. The van der Waals surface area contributed by atoms with Crippen molar-refractivity contribution in [2.45, 2.75) is 54.7 Å². The molecule has 0 aromatic carbocycles. The van der Waals surface area contributed by atoms with Gasteiger partial charge >= 0.3 is 0 Å². The van der Waals surface area contributed by atoms with Crippen LogP contribution in [0.5, 0.6) is 0 Å². The van der Waals surface area contributed by atoms with E-state index in [1.807, 2.05) is 6.92 Å². The van der Waals surface area contributed by atoms with E-state index in [-0.39, 0.29) is 5.25 Å². The molecule has 0 radical (unpaired) electrons. The van der Waals surface area contributed by atoms with Gasteiger partial charge < -0.3 is 5.32 Å². The first-order valence-corrected chi connectivity index (χ1v) is 7.64. The minimum Gasteiger partial charge on any atom is -0.357 e. The second kappa shape index (κ2) is 6.22. The lowest BCUT2D eigenvalue weighted by molar-refractivity contribution is 0.462. The topological polar surface area (TPSA) is 61.6 Å². The van der Waals surface area contributed by atoms with Crippen LogP contribution in [0.15, 0.2) is 4.34 Å². The standard InChI is InChI=1S/C11H16N4S2/c1-8(7-12)16-11-15-14-10(17-11)13-9-5-3-2-4-6-9/h8-9H,2-6H2,1H3,(H,13,14). The van der Waals surface area contributed by atoms with E-state index in [0.29, 0.717) is 6.04 Å². The summed E-state index contributed by atoms with van der Waals surface area (Å²) in [5, 5.41) is 21.2. The molecule has 1 atom stereocenters. The molecule has 2 rings (SSSR count). The predicted molar refractivity (Wildman–Crippen MR) is 71.3 cm³/mol. The normalized spacial score (nSPS) is 18.6. The zero-order chi connectivity index (χ0) is 12.1. The third-order valence-electron chi connectivity index (χ3n) is 2.80. The third-order valence-corrected chi connectivity index (χ3v) is 4.73. The zero-order valence-electron chi connectivity index (χ0n) is 9.85. The maximum Gasteiger partial charge on any atom is 0.206 e. The molecule has 1 aromatic rings. The van der Waals surface area contributed by atoms with Crippen molar-refractivity contribution in [3.8, 4) is 6.07 Å². The fraction of sp³-hybridized carbons (Fsp3) is 0.727. The lowest BCUT2D eigenvalue weighted by Gasteiger charge is -2.21. The number of aromatic nitrogens is 2. The summed E-state index contributed by atoms with van der Waals surface area (Å²) in [6.45, 7) is 1.88. The molecule has 0 saturated heterocycles. The van der Waals surface area contributed by atoms with Crippen molar-refractivity contribution in [1.29, 1.82) is 5.26 Å². The van der Waals surface area contributed by atoms with E-state index in [1.165, 1.54) is 43.9 Å². The Labute approximate surface area is 110 Å². The Bertz CT molecular complexity index is 392. The summed E-state index contributed by atoms with van der Waals surface area (Å²) in [7, 11) is 0. The Morgan fingerprint density at radius 3 is 2.88 bits per heavy atom. The second-order valence-electron chi connectivity index (χ2n) is 4.24. The quantitative estimate of drug-likeness (QED) is 0.849. The van der Waals surface area contributed by atoms with Gasteiger partial charge in [0.05, 0.1) is 11.3 Å². The molecule has 1 heterocycles. The number of nitrogens with zero attached hydrogens (tertiary/aromatic N) is 3. The first-order chi connectivity index (χ1) is 8.28. The molecule has 0 bridgehead atoms. The molecule has 17 heavy (non-hydrogen) atoms. The lowest BCUT2D eigenvalue weighted by Crippen LogP contribution is -2.21. The summed E-state index contributed by atoms with van der Waals surface area (Å²) in [6.07, 6.45) is 6.44. The molecule has 1 N–H and O–H groups in total. The molecule has 0 spiro atoms. The molecule has 1 aromatic heterocycles. The van der Waals surface area contributed by atoms with Crippen LogP contribution in [0.3, 0.4) is 0 Å². The maximum absolute atomic E-state index is 8.73. The van der Waals surface area contributed by atoms with Crippen molar-refractivity contribution in [2.75, 3.05) is 5.32 Å². The number of hydrogen-bond acceptors (Lipinski definition) is 6. The number of hydrogen-bond donors (Lipinski definition) is 1. The van der Waals surface area contributed by atoms with E-state index in [2.05, 4.69) is 21.6 Å². The fourth-order valence-electron chi connectivity index (χ4n) is 1.91. The van der Waals surface area contributed by atoms with Gasteiger partial charge in [0.25, 0.3) is 0 Å². The van der Waals surface area contributed by atoms with Crippen LogP contribution >= 0.6 is 23.1 Å². The molecule has 0 aliphatic heterocycles. The largest absolute Gasteiger partial charge is 0.357 e. The highest BCUT2D eigenvalue weighted by molar-refractivity contribution is 8.01. The van der Waals surface area contributed by atoms with Gasteiger partial charge in [-0.2, -0.15) is 5.26 Å². The molecule has 92 valence electrons. The number of thioether (sulfide) groups is 1. The first-order valence-electron chi connectivity index (χ1n) is 5.94. The van der Waals surface area contributed by atoms with E-state index < -0.39 is 0 Å². The summed E-state index contributed by atoms with van der Waals surface area (Å²) >= 11 is 3.02. The minimum atomic E-state index is -0.0644. The molecule has 4 nitrogen and oxygen atoms in total. The number of nitrogens with one attached hydrogen (secondary N) is 1. The van der Waals surface area contributed by atoms with Crippen LogP contribution in [0.25, 0.3) is 0 Å². The Morgan fingerprint density at radius 2 is 2.18 bits per heavy atom. The van der Waals surface area contributed by atoms with E-state index in [4.69, 9.17) is 5.26 Å². The molecule has 1 unspecified atom stereocenters. The summed E-state index contributed by atoms with van der Waals surface area (Å²) in [5.74, 6) is 0. The van der Waals surface area contributed by atoms with Crippen LogP contribution in [-0.4, -0.2) is 21.5 Å². The Hall–Kier alpha value is -0.800. The third kappa shape index (κ3) is 3.86. The lowest BCUT2D eigenvalue weighted by atomic mass is 9.96. The van der Waals surface area contributed by atoms with Crippen molar-refractivity contribution in [2.24, 2.45) is 0 Å². The van der Waals surface area contributed by atoms with Gasteiger partial charge in [0.1, 0.15) is 0 Å². The smallest absolute Gasteiger partial charge is 0.206 e. The van der Waals surface area contributed by atoms with Gasteiger partial charge in [0.2, 0.25) is 5.13 Å². The highest BCUT2D eigenvalue weighted by Gasteiger charge is 2.15. The Morgan fingerprint density at radius 1 is 1.41 bits per heavy atom. The highest BCUT2D eigenvalue weighted by Crippen LogP contribution is 2.30. The first kappa shape index (κ1) is 12.7. The highest BCUT2D eigenvalue weighted by atomic mass is 32.2. The summed E-state index contributed by atoms with van der Waals surface area (Å²) in [6, 6.07) is 2.74. The van der Waals surface area contributed by atoms with Crippen molar-refractivity contribution < 1.29 is 0 Å². The average molecular weight is 268 g/mol. The van der Waals surface area contributed by atoms with Gasteiger partial charge in [-0.1, -0.05) is 42.4 Å². The summed E-state index contributed by atoms with van der Waals surface area (Å²) < 4.78 is 0.873. The number of rotatable bonds is 4. The summed E-state index contributed by atoms with van der Waals surface area (Å²) in [5.41, 5.74) is 0. The molecule has 6 heteroatoms. The molecule has 1 aliphatic rings. The Kier molecular flexibility index (Phi) is 4.63. The Balaban J connectivity index is 1.87. The molecule has 1 aliphatic carbocycles. The van der Waals surface area contributed by atoms with Crippen molar-refractivity contribution in [3.05, 3.63) is 0 Å². The number of anilines is 1. The maximum atomic E-state index is 8.73. The fourth-order valence-corrected chi connectivity index (χ4v) is 3.77. The van der Waals surface area contributed by atoms with Crippen LogP contribution in [-0.2, 0) is 0 Å².